The van der Waals surface area contributed by atoms with Crippen LogP contribution in [0.4, 0.5) is 14.5 Å². The van der Waals surface area contributed by atoms with E-state index in [4.69, 9.17) is 15.2 Å². The smallest absolute Gasteiger partial charge is 0.274 e. The average Bonchev–Trinajstić information content (AvgIpc) is 3.06. The molecule has 1 aromatic carbocycles. The first-order chi connectivity index (χ1) is 16.5. The van der Waals surface area contributed by atoms with Crippen LogP contribution in [0, 0.1) is 5.82 Å². The molecule has 35 heavy (non-hydrogen) atoms. The van der Waals surface area contributed by atoms with Gasteiger partial charge in [0.05, 0.1) is 19.4 Å². The molecule has 1 aromatic heterocycles. The SMILES string of the molecule is C[C@@]1(S(C)(=O)=O)CC[C@@](CF)(c2cc(NC(=O)c3cc4c(cn3)OCCCO4)ccc2F)N=C1N. The number of benzene rings is 1. The lowest BCUT2D eigenvalue weighted by molar-refractivity contribution is 0.102. The number of rotatable bonds is 5. The minimum atomic E-state index is -3.64. The van der Waals surface area contributed by atoms with E-state index in [2.05, 4.69) is 15.3 Å². The number of halogens is 2. The van der Waals surface area contributed by atoms with Crippen LogP contribution in [0.5, 0.6) is 11.5 Å². The van der Waals surface area contributed by atoms with Crippen molar-refractivity contribution in [2.24, 2.45) is 10.7 Å². The van der Waals surface area contributed by atoms with Gasteiger partial charge in [0.2, 0.25) is 0 Å². The number of sulfone groups is 1. The molecule has 12 heteroatoms. The third-order valence-corrected chi connectivity index (χ3v) is 8.57. The van der Waals surface area contributed by atoms with E-state index < -0.39 is 38.5 Å². The van der Waals surface area contributed by atoms with Gasteiger partial charge in [-0.1, -0.05) is 0 Å². The molecule has 0 spiro atoms. The van der Waals surface area contributed by atoms with Crippen LogP contribution in [0.15, 0.2) is 35.5 Å². The number of nitrogens with zero attached hydrogens (tertiary/aromatic N) is 2. The fourth-order valence-electron chi connectivity index (χ4n) is 4.06. The van der Waals surface area contributed by atoms with E-state index >= 15 is 0 Å². The second-order valence-corrected chi connectivity index (χ2v) is 11.3. The number of nitrogens with two attached hydrogens (primary N) is 1. The molecule has 0 radical (unpaired) electrons. The summed E-state index contributed by atoms with van der Waals surface area (Å²) in [5.74, 6) is -0.812. The summed E-state index contributed by atoms with van der Waals surface area (Å²) in [6, 6.07) is 5.12. The molecule has 4 rings (SSSR count). The zero-order chi connectivity index (χ0) is 25.4. The number of hydrogen-bond donors (Lipinski definition) is 2. The number of amidine groups is 1. The van der Waals surface area contributed by atoms with Crippen molar-refractivity contribution in [3.8, 4) is 11.5 Å². The number of alkyl halides is 1. The predicted molar refractivity (Wildman–Crippen MR) is 126 cm³/mol. The van der Waals surface area contributed by atoms with E-state index in [1.54, 1.807) is 0 Å². The van der Waals surface area contributed by atoms with Crippen molar-refractivity contribution in [3.63, 3.8) is 0 Å². The fraction of sp³-hybridized carbons (Fsp3) is 0.435. The van der Waals surface area contributed by atoms with Crippen LogP contribution >= 0.6 is 0 Å². The number of amides is 1. The molecule has 3 N–H and O–H groups in total. The molecule has 2 aromatic rings. The number of fused-ring (bicyclic) bond motifs is 1. The number of ether oxygens (including phenoxy) is 2. The van der Waals surface area contributed by atoms with Gasteiger partial charge in [-0.05, 0) is 38.0 Å². The summed E-state index contributed by atoms with van der Waals surface area (Å²) >= 11 is 0. The highest BCUT2D eigenvalue weighted by Gasteiger charge is 2.49. The molecular weight excluding hydrogens is 482 g/mol. The third-order valence-electron chi connectivity index (χ3n) is 6.52. The van der Waals surface area contributed by atoms with Crippen LogP contribution in [0.25, 0.3) is 0 Å². The Morgan fingerprint density at radius 1 is 1.20 bits per heavy atom. The Morgan fingerprint density at radius 2 is 1.91 bits per heavy atom. The maximum atomic E-state index is 14.9. The summed E-state index contributed by atoms with van der Waals surface area (Å²) in [4.78, 5) is 21.1. The van der Waals surface area contributed by atoms with Gasteiger partial charge < -0.3 is 20.5 Å². The van der Waals surface area contributed by atoms with Crippen LogP contribution in [-0.2, 0) is 15.4 Å². The highest BCUT2D eigenvalue weighted by molar-refractivity contribution is 7.92. The van der Waals surface area contributed by atoms with Crippen molar-refractivity contribution < 1.29 is 31.5 Å². The summed E-state index contributed by atoms with van der Waals surface area (Å²) in [6.45, 7) is 1.22. The van der Waals surface area contributed by atoms with Crippen LogP contribution in [0.3, 0.4) is 0 Å². The van der Waals surface area contributed by atoms with Gasteiger partial charge in [0.1, 0.15) is 34.3 Å². The number of aromatic nitrogens is 1. The minimum Gasteiger partial charge on any atom is -0.489 e. The van der Waals surface area contributed by atoms with Crippen molar-refractivity contribution in [3.05, 3.63) is 47.5 Å². The molecular formula is C23H26F2N4O5S. The molecule has 0 aliphatic carbocycles. The molecule has 0 unspecified atom stereocenters. The monoisotopic (exact) mass is 508 g/mol. The standard InChI is InChI=1S/C23H26F2N4O5S/c1-22(35(2,31)32)6-7-23(13-24,29-21(22)26)15-10-14(4-5-16(15)25)28-20(30)17-11-18-19(12-27-17)34-9-3-8-33-18/h4-5,10-12H,3,6-9,13H2,1-2H3,(H2,26,29)(H,28,30)/t22-,23-/m1/s1. The van der Waals surface area contributed by atoms with Gasteiger partial charge in [-0.3, -0.25) is 9.79 Å². The number of pyridine rings is 1. The second kappa shape index (κ2) is 9.06. The Balaban J connectivity index is 1.64. The summed E-state index contributed by atoms with van der Waals surface area (Å²) in [7, 11) is -3.64. The van der Waals surface area contributed by atoms with E-state index in [9.17, 15) is 22.0 Å². The quantitative estimate of drug-likeness (QED) is 0.634. The average molecular weight is 509 g/mol. The summed E-state index contributed by atoms with van der Waals surface area (Å²) < 4.78 is 63.3. The molecule has 3 heterocycles. The minimum absolute atomic E-state index is 0.0395. The topological polar surface area (TPSA) is 133 Å². The molecule has 0 bridgehead atoms. The summed E-state index contributed by atoms with van der Waals surface area (Å²) in [5.41, 5.74) is 4.35. The Hall–Kier alpha value is -3.28. The molecule has 2 atom stereocenters. The lowest BCUT2D eigenvalue weighted by Gasteiger charge is -2.39. The first-order valence-electron chi connectivity index (χ1n) is 11.0. The Bertz CT molecular complexity index is 1300. The number of hydrogen-bond acceptors (Lipinski definition) is 8. The van der Waals surface area contributed by atoms with Gasteiger partial charge in [0.15, 0.2) is 21.3 Å². The van der Waals surface area contributed by atoms with E-state index in [1.165, 1.54) is 31.3 Å². The van der Waals surface area contributed by atoms with Crippen LogP contribution in [-0.4, -0.2) is 56.0 Å². The maximum Gasteiger partial charge on any atom is 0.274 e. The largest absolute Gasteiger partial charge is 0.489 e. The molecule has 2 aliphatic rings. The van der Waals surface area contributed by atoms with Crippen molar-refractivity contribution in [2.75, 3.05) is 31.5 Å². The van der Waals surface area contributed by atoms with E-state index in [-0.39, 0.29) is 35.6 Å². The van der Waals surface area contributed by atoms with Gasteiger partial charge in [0.25, 0.3) is 5.91 Å². The molecule has 0 saturated heterocycles. The van der Waals surface area contributed by atoms with Crippen molar-refractivity contribution in [2.45, 2.75) is 36.5 Å². The predicted octanol–water partition coefficient (Wildman–Crippen LogP) is 2.75. The van der Waals surface area contributed by atoms with Crippen LogP contribution in [0.2, 0.25) is 0 Å². The Kier molecular flexibility index (Phi) is 6.43. The first kappa shape index (κ1) is 24.8. The lowest BCUT2D eigenvalue weighted by atomic mass is 9.80. The Morgan fingerprint density at radius 3 is 2.57 bits per heavy atom. The zero-order valence-corrected chi connectivity index (χ0v) is 20.1. The molecule has 0 saturated carbocycles. The normalized spacial score (nSPS) is 24.3. The molecule has 188 valence electrons. The maximum absolute atomic E-state index is 14.9. The van der Waals surface area contributed by atoms with E-state index in [0.717, 1.165) is 12.3 Å². The second-order valence-electron chi connectivity index (χ2n) is 8.88. The van der Waals surface area contributed by atoms with Gasteiger partial charge in [-0.2, -0.15) is 0 Å². The number of carbonyl (C=O) groups is 1. The molecule has 1 amide bonds. The number of aliphatic imine (C=N–C) groups is 1. The zero-order valence-electron chi connectivity index (χ0n) is 19.3. The highest BCUT2D eigenvalue weighted by atomic mass is 32.2. The number of nitrogens with one attached hydrogen (secondary N) is 1. The number of carbonyl (C=O) groups excluding carboxylic acids is 1. The van der Waals surface area contributed by atoms with Crippen molar-refractivity contribution in [1.82, 2.24) is 4.98 Å². The fourth-order valence-corrected chi connectivity index (χ4v) is 4.96. The van der Waals surface area contributed by atoms with Gasteiger partial charge in [-0.25, -0.2) is 22.2 Å². The van der Waals surface area contributed by atoms with Gasteiger partial charge in [0, 0.05) is 30.0 Å². The summed E-state index contributed by atoms with van der Waals surface area (Å²) in [5, 5.41) is 2.62. The van der Waals surface area contributed by atoms with Crippen molar-refractivity contribution in [1.29, 1.82) is 0 Å². The van der Waals surface area contributed by atoms with Gasteiger partial charge in [-0.15, -0.1) is 0 Å². The van der Waals surface area contributed by atoms with Gasteiger partial charge >= 0.3 is 0 Å². The van der Waals surface area contributed by atoms with Crippen LogP contribution < -0.4 is 20.5 Å². The highest BCUT2D eigenvalue weighted by Crippen LogP contribution is 2.42. The summed E-state index contributed by atoms with van der Waals surface area (Å²) in [6.07, 6.45) is 2.99. The first-order valence-corrected chi connectivity index (χ1v) is 12.9. The third kappa shape index (κ3) is 4.54. The van der Waals surface area contributed by atoms with Crippen molar-refractivity contribution >= 4 is 27.3 Å². The molecule has 0 fully saturated rings. The molecule has 9 nitrogen and oxygen atoms in total. The Labute approximate surface area is 201 Å². The number of anilines is 1. The lowest BCUT2D eigenvalue weighted by Crippen LogP contribution is -2.53. The van der Waals surface area contributed by atoms with E-state index in [0.29, 0.717) is 31.1 Å². The van der Waals surface area contributed by atoms with Crippen LogP contribution in [0.1, 0.15) is 42.2 Å². The molecule has 2 aliphatic heterocycles. The van der Waals surface area contributed by atoms with E-state index in [1.807, 2.05) is 0 Å².